The van der Waals surface area contributed by atoms with Crippen LogP contribution in [0, 0.1) is 0 Å². The van der Waals surface area contributed by atoms with Crippen LogP contribution in [-0.2, 0) is 4.79 Å². The maximum atomic E-state index is 10.8. The van der Waals surface area contributed by atoms with E-state index in [0.717, 1.165) is 16.1 Å². The normalized spacial score (nSPS) is 10.4. The number of para-hydroxylation sites is 1. The summed E-state index contributed by atoms with van der Waals surface area (Å²) in [6, 6.07) is 17.6. The summed E-state index contributed by atoms with van der Waals surface area (Å²) in [5, 5.41) is 8.37. The van der Waals surface area contributed by atoms with Crippen LogP contribution in [0.15, 0.2) is 65.6 Å². The highest BCUT2D eigenvalue weighted by Gasteiger charge is 1.96. The number of amides is 1. The van der Waals surface area contributed by atoms with E-state index in [4.69, 9.17) is 5.21 Å². The molecule has 0 spiro atoms. The van der Waals surface area contributed by atoms with Crippen molar-refractivity contribution in [3.8, 4) is 0 Å². The number of hydrogen-bond acceptors (Lipinski definition) is 4. The molecule has 0 radical (unpaired) electrons. The molecule has 0 heterocycles. The summed E-state index contributed by atoms with van der Waals surface area (Å²) in [7, 11) is 0. The molecule has 0 fully saturated rings. The number of nitrogens with one attached hydrogen (secondary N) is 2. The summed E-state index contributed by atoms with van der Waals surface area (Å²) in [4.78, 5) is 11.9. The van der Waals surface area contributed by atoms with Crippen molar-refractivity contribution >= 4 is 29.6 Å². The van der Waals surface area contributed by atoms with Gasteiger partial charge < -0.3 is 4.72 Å². The molecule has 2 aromatic rings. The van der Waals surface area contributed by atoms with Crippen LogP contribution in [0.4, 0.5) is 5.69 Å². The second kappa shape index (κ2) is 7.37. The molecule has 1 amide bonds. The van der Waals surface area contributed by atoms with Gasteiger partial charge in [0.2, 0.25) is 0 Å². The van der Waals surface area contributed by atoms with Crippen molar-refractivity contribution in [2.24, 2.45) is 0 Å². The van der Waals surface area contributed by atoms with E-state index in [0.29, 0.717) is 0 Å². The largest absolute Gasteiger partial charge is 0.326 e. The van der Waals surface area contributed by atoms with Gasteiger partial charge in [0.1, 0.15) is 0 Å². The average Bonchev–Trinajstić information content (AvgIpc) is 2.52. The number of anilines is 1. The summed E-state index contributed by atoms with van der Waals surface area (Å²) in [6.07, 6.45) is 2.90. The van der Waals surface area contributed by atoms with Crippen LogP contribution in [0.5, 0.6) is 0 Å². The Kier molecular flexibility index (Phi) is 5.23. The summed E-state index contributed by atoms with van der Waals surface area (Å²) < 4.78 is 3.24. The molecule has 3 N–H and O–H groups in total. The van der Waals surface area contributed by atoms with Gasteiger partial charge in [0, 0.05) is 16.7 Å². The van der Waals surface area contributed by atoms with Gasteiger partial charge in [0.15, 0.2) is 0 Å². The monoisotopic (exact) mass is 286 g/mol. The first kappa shape index (κ1) is 14.2. The Bertz CT molecular complexity index is 583. The van der Waals surface area contributed by atoms with E-state index in [9.17, 15) is 4.79 Å². The van der Waals surface area contributed by atoms with Crippen LogP contribution in [-0.4, -0.2) is 11.1 Å². The Morgan fingerprint density at radius 1 is 1.05 bits per heavy atom. The molecule has 0 aliphatic carbocycles. The van der Waals surface area contributed by atoms with E-state index in [1.807, 2.05) is 54.6 Å². The Morgan fingerprint density at radius 3 is 2.40 bits per heavy atom. The second-order valence-electron chi connectivity index (χ2n) is 3.95. The number of rotatable bonds is 5. The Hall–Kier alpha value is -2.24. The molecule has 4 nitrogen and oxygen atoms in total. The molecule has 0 saturated carbocycles. The zero-order valence-corrected chi connectivity index (χ0v) is 11.4. The molecule has 0 atom stereocenters. The molecule has 2 aromatic carbocycles. The molecule has 0 aliphatic heterocycles. The molecule has 20 heavy (non-hydrogen) atoms. The van der Waals surface area contributed by atoms with Gasteiger partial charge in [-0.1, -0.05) is 30.3 Å². The molecular weight excluding hydrogens is 272 g/mol. The molecular formula is C15H14N2O2S. The van der Waals surface area contributed by atoms with Crippen molar-refractivity contribution in [3.05, 3.63) is 66.2 Å². The van der Waals surface area contributed by atoms with E-state index >= 15 is 0 Å². The zero-order valence-electron chi connectivity index (χ0n) is 10.6. The Labute approximate surface area is 121 Å². The highest BCUT2D eigenvalue weighted by molar-refractivity contribution is 8.00. The maximum absolute atomic E-state index is 10.8. The number of hydroxylamine groups is 1. The standard InChI is InChI=1S/C15H14N2O2S/c18-15(16-19)11-8-12-6-9-14(10-7-12)20-17-13-4-2-1-3-5-13/h1-11,17,19H,(H,16,18). The fourth-order valence-corrected chi connectivity index (χ4v) is 2.12. The van der Waals surface area contributed by atoms with Gasteiger partial charge in [-0.15, -0.1) is 0 Å². The average molecular weight is 286 g/mol. The summed E-state index contributed by atoms with van der Waals surface area (Å²) in [6.45, 7) is 0. The van der Waals surface area contributed by atoms with Crippen LogP contribution in [0.2, 0.25) is 0 Å². The van der Waals surface area contributed by atoms with Crippen molar-refractivity contribution < 1.29 is 10.0 Å². The lowest BCUT2D eigenvalue weighted by Gasteiger charge is -2.05. The summed E-state index contributed by atoms with van der Waals surface area (Å²) >= 11 is 1.52. The number of carbonyl (C=O) groups excluding carboxylic acids is 1. The van der Waals surface area contributed by atoms with E-state index in [1.165, 1.54) is 18.0 Å². The molecule has 2 rings (SSSR count). The molecule has 0 unspecified atom stereocenters. The van der Waals surface area contributed by atoms with Gasteiger partial charge in [0.25, 0.3) is 5.91 Å². The van der Waals surface area contributed by atoms with Crippen LogP contribution in [0.25, 0.3) is 6.08 Å². The highest BCUT2D eigenvalue weighted by atomic mass is 32.2. The first-order valence-corrected chi connectivity index (χ1v) is 6.80. The fraction of sp³-hybridized carbons (Fsp3) is 0. The lowest BCUT2D eigenvalue weighted by atomic mass is 10.2. The van der Waals surface area contributed by atoms with Gasteiger partial charge >= 0.3 is 0 Å². The van der Waals surface area contributed by atoms with E-state index in [1.54, 1.807) is 11.6 Å². The first-order chi connectivity index (χ1) is 9.78. The van der Waals surface area contributed by atoms with Crippen LogP contribution >= 0.6 is 11.9 Å². The van der Waals surface area contributed by atoms with Gasteiger partial charge in [-0.05, 0) is 47.9 Å². The third-order valence-electron chi connectivity index (χ3n) is 2.48. The third-order valence-corrected chi connectivity index (χ3v) is 3.32. The van der Waals surface area contributed by atoms with Gasteiger partial charge in [-0.2, -0.15) is 0 Å². The lowest BCUT2D eigenvalue weighted by Crippen LogP contribution is -2.14. The predicted molar refractivity (Wildman–Crippen MR) is 81.3 cm³/mol. The SMILES string of the molecule is O=C(C=Cc1ccc(SNc2ccccc2)cc1)NO. The number of carbonyl (C=O) groups is 1. The van der Waals surface area contributed by atoms with Crippen molar-refractivity contribution in [1.82, 2.24) is 5.48 Å². The van der Waals surface area contributed by atoms with E-state index in [2.05, 4.69) is 4.72 Å². The smallest absolute Gasteiger partial charge is 0.267 e. The van der Waals surface area contributed by atoms with Crippen molar-refractivity contribution in [2.45, 2.75) is 4.90 Å². The lowest BCUT2D eigenvalue weighted by molar-refractivity contribution is -0.124. The van der Waals surface area contributed by atoms with Gasteiger partial charge in [0.05, 0.1) is 0 Å². The van der Waals surface area contributed by atoms with Crippen LogP contribution in [0.1, 0.15) is 5.56 Å². The fourth-order valence-electron chi connectivity index (χ4n) is 1.48. The molecule has 102 valence electrons. The minimum atomic E-state index is -0.547. The topological polar surface area (TPSA) is 61.4 Å². The minimum absolute atomic E-state index is 0.547. The van der Waals surface area contributed by atoms with Crippen LogP contribution in [0.3, 0.4) is 0 Å². The Morgan fingerprint density at radius 2 is 1.75 bits per heavy atom. The maximum Gasteiger partial charge on any atom is 0.267 e. The van der Waals surface area contributed by atoms with Crippen molar-refractivity contribution in [2.75, 3.05) is 4.72 Å². The van der Waals surface area contributed by atoms with Crippen molar-refractivity contribution in [3.63, 3.8) is 0 Å². The highest BCUT2D eigenvalue weighted by Crippen LogP contribution is 2.21. The van der Waals surface area contributed by atoms with Gasteiger partial charge in [-0.3, -0.25) is 10.0 Å². The first-order valence-electron chi connectivity index (χ1n) is 5.98. The molecule has 0 saturated heterocycles. The summed E-state index contributed by atoms with van der Waals surface area (Å²) in [5.41, 5.74) is 3.47. The van der Waals surface area contributed by atoms with Gasteiger partial charge in [-0.25, -0.2) is 5.48 Å². The Balaban J connectivity index is 1.91. The number of hydrogen-bond donors (Lipinski definition) is 3. The van der Waals surface area contributed by atoms with Crippen molar-refractivity contribution in [1.29, 1.82) is 0 Å². The number of benzene rings is 2. The zero-order chi connectivity index (χ0) is 14.2. The second-order valence-corrected chi connectivity index (χ2v) is 4.83. The summed E-state index contributed by atoms with van der Waals surface area (Å²) in [5.74, 6) is -0.547. The predicted octanol–water partition coefficient (Wildman–Crippen LogP) is 3.32. The van der Waals surface area contributed by atoms with E-state index < -0.39 is 5.91 Å². The van der Waals surface area contributed by atoms with Crippen LogP contribution < -0.4 is 10.2 Å². The molecule has 0 aromatic heterocycles. The minimum Gasteiger partial charge on any atom is -0.326 e. The molecule has 0 aliphatic rings. The van der Waals surface area contributed by atoms with E-state index in [-0.39, 0.29) is 0 Å². The molecule has 0 bridgehead atoms. The molecule has 5 heteroatoms. The third kappa shape index (κ3) is 4.46. The quantitative estimate of drug-likeness (QED) is 0.341.